The fourth-order valence-corrected chi connectivity index (χ4v) is 3.00. The first-order valence-corrected chi connectivity index (χ1v) is 7.77. The third-order valence-corrected chi connectivity index (χ3v) is 4.06. The number of hydrogen-bond acceptors (Lipinski definition) is 6. The lowest BCUT2D eigenvalue weighted by molar-refractivity contribution is 0.320. The van der Waals surface area contributed by atoms with Gasteiger partial charge in [0.15, 0.2) is 0 Å². The molecule has 0 bridgehead atoms. The van der Waals surface area contributed by atoms with Crippen LogP contribution in [0.2, 0.25) is 0 Å². The molecule has 0 radical (unpaired) electrons. The van der Waals surface area contributed by atoms with Crippen molar-refractivity contribution in [3.63, 3.8) is 0 Å². The normalized spacial score (nSPS) is 13.9. The smallest absolute Gasteiger partial charge is 0.221 e. The van der Waals surface area contributed by atoms with Crippen LogP contribution < -0.4 is 9.64 Å². The number of para-hydroxylation sites is 1. The van der Waals surface area contributed by atoms with E-state index in [2.05, 4.69) is 30.9 Å². The molecule has 116 valence electrons. The Labute approximate surface area is 134 Å². The Hall–Kier alpha value is -2.76. The second-order valence-corrected chi connectivity index (χ2v) is 5.42. The molecule has 0 saturated heterocycles. The molecule has 6 heteroatoms. The van der Waals surface area contributed by atoms with Gasteiger partial charge in [-0.05, 0) is 19.1 Å². The quantitative estimate of drug-likeness (QED) is 0.740. The summed E-state index contributed by atoms with van der Waals surface area (Å²) >= 11 is 0. The molecule has 1 aromatic carbocycles. The van der Waals surface area contributed by atoms with Gasteiger partial charge in [0, 0.05) is 18.4 Å². The molecule has 0 amide bonds. The molecule has 6 nitrogen and oxygen atoms in total. The molecule has 2 aromatic heterocycles. The van der Waals surface area contributed by atoms with Crippen LogP contribution in [0.25, 0.3) is 10.9 Å². The molecule has 0 saturated carbocycles. The van der Waals surface area contributed by atoms with Crippen LogP contribution in [-0.2, 0) is 13.0 Å². The molecule has 1 aliphatic heterocycles. The van der Waals surface area contributed by atoms with Gasteiger partial charge in [-0.1, -0.05) is 12.1 Å². The highest BCUT2D eigenvalue weighted by atomic mass is 16.5. The summed E-state index contributed by atoms with van der Waals surface area (Å²) in [4.78, 5) is 19.8. The molecule has 3 heterocycles. The topological polar surface area (TPSA) is 64.0 Å². The third kappa shape index (κ3) is 2.46. The van der Waals surface area contributed by atoms with Crippen LogP contribution in [0.3, 0.4) is 0 Å². The summed E-state index contributed by atoms with van der Waals surface area (Å²) in [6.45, 7) is 4.13. The molecule has 0 spiro atoms. The Morgan fingerprint density at radius 3 is 2.87 bits per heavy atom. The molecule has 4 rings (SSSR count). The zero-order valence-corrected chi connectivity index (χ0v) is 12.9. The van der Waals surface area contributed by atoms with E-state index in [9.17, 15) is 0 Å². The summed E-state index contributed by atoms with van der Waals surface area (Å²) in [5.41, 5.74) is 3.08. The lowest BCUT2D eigenvalue weighted by atomic mass is 10.1. The molecule has 0 unspecified atom stereocenters. The average Bonchev–Trinajstić information content (AvgIpc) is 2.61. The van der Waals surface area contributed by atoms with Crippen LogP contribution in [-0.4, -0.2) is 33.1 Å². The van der Waals surface area contributed by atoms with Crippen molar-refractivity contribution < 1.29 is 4.74 Å². The van der Waals surface area contributed by atoms with Gasteiger partial charge in [0.2, 0.25) is 5.88 Å². The highest BCUT2D eigenvalue weighted by molar-refractivity contribution is 5.89. The second-order valence-electron chi connectivity index (χ2n) is 5.42. The van der Waals surface area contributed by atoms with Gasteiger partial charge < -0.3 is 9.64 Å². The fraction of sp³-hybridized carbons (Fsp3) is 0.294. The number of anilines is 1. The Balaban J connectivity index is 1.75. The van der Waals surface area contributed by atoms with Crippen molar-refractivity contribution in [1.29, 1.82) is 0 Å². The van der Waals surface area contributed by atoms with E-state index in [0.29, 0.717) is 19.0 Å². The number of aromatic nitrogens is 4. The van der Waals surface area contributed by atoms with Crippen molar-refractivity contribution in [2.75, 3.05) is 18.1 Å². The first-order valence-electron chi connectivity index (χ1n) is 7.77. The van der Waals surface area contributed by atoms with Crippen molar-refractivity contribution in [2.45, 2.75) is 19.9 Å². The first kappa shape index (κ1) is 13.9. The summed E-state index contributed by atoms with van der Waals surface area (Å²) < 4.78 is 5.67. The highest BCUT2D eigenvalue weighted by Crippen LogP contribution is 2.30. The van der Waals surface area contributed by atoms with Gasteiger partial charge in [0.1, 0.15) is 18.5 Å². The maximum Gasteiger partial charge on any atom is 0.221 e. The summed E-state index contributed by atoms with van der Waals surface area (Å²) in [5, 5.41) is 1.06. The number of hydrogen-bond donors (Lipinski definition) is 0. The van der Waals surface area contributed by atoms with Crippen LogP contribution >= 0.6 is 0 Å². The lowest BCUT2D eigenvalue weighted by Gasteiger charge is -2.30. The van der Waals surface area contributed by atoms with Gasteiger partial charge in [0.25, 0.3) is 0 Å². The summed E-state index contributed by atoms with van der Waals surface area (Å²) in [7, 11) is 0. The maximum atomic E-state index is 5.67. The minimum atomic E-state index is 0.597. The number of ether oxygens (including phenoxy) is 1. The molecule has 0 N–H and O–H groups in total. The van der Waals surface area contributed by atoms with E-state index in [-0.39, 0.29) is 0 Å². The van der Waals surface area contributed by atoms with Crippen LogP contribution in [0.4, 0.5) is 5.82 Å². The van der Waals surface area contributed by atoms with E-state index in [0.717, 1.165) is 40.9 Å². The minimum absolute atomic E-state index is 0.597. The van der Waals surface area contributed by atoms with E-state index in [4.69, 9.17) is 4.74 Å². The van der Waals surface area contributed by atoms with Crippen LogP contribution in [0, 0.1) is 0 Å². The second kappa shape index (κ2) is 5.79. The molecule has 0 atom stereocenters. The summed E-state index contributed by atoms with van der Waals surface area (Å²) in [6.07, 6.45) is 4.06. The Morgan fingerprint density at radius 1 is 1.09 bits per heavy atom. The van der Waals surface area contributed by atoms with Crippen LogP contribution in [0.5, 0.6) is 5.88 Å². The number of benzene rings is 1. The van der Waals surface area contributed by atoms with Crippen LogP contribution in [0.1, 0.15) is 18.2 Å². The largest absolute Gasteiger partial charge is 0.478 e. The van der Waals surface area contributed by atoms with Crippen molar-refractivity contribution in [3.8, 4) is 5.88 Å². The number of rotatable bonds is 3. The molecular formula is C17H17N5O. The first-order chi connectivity index (χ1) is 11.4. The Morgan fingerprint density at radius 2 is 1.96 bits per heavy atom. The maximum absolute atomic E-state index is 5.67. The molecule has 0 fully saturated rings. The summed E-state index contributed by atoms with van der Waals surface area (Å²) in [5.74, 6) is 1.63. The minimum Gasteiger partial charge on any atom is -0.478 e. The molecule has 0 aliphatic carbocycles. The van der Waals surface area contributed by atoms with Gasteiger partial charge >= 0.3 is 0 Å². The number of nitrogens with zero attached hydrogens (tertiary/aromatic N) is 5. The van der Waals surface area contributed by atoms with E-state index >= 15 is 0 Å². The standard InChI is InChI=1S/C17H17N5O/c1-2-23-17-13-9-22(8-7-15(13)19-11-21-17)16-12-5-3-4-6-14(12)18-10-20-16/h3-6,10-11H,2,7-9H2,1H3. The van der Waals surface area contributed by atoms with E-state index in [1.807, 2.05) is 25.1 Å². The van der Waals surface area contributed by atoms with Gasteiger partial charge in [-0.2, -0.15) is 0 Å². The van der Waals surface area contributed by atoms with Gasteiger partial charge in [-0.15, -0.1) is 0 Å². The molecular weight excluding hydrogens is 290 g/mol. The Kier molecular flexibility index (Phi) is 3.49. The highest BCUT2D eigenvalue weighted by Gasteiger charge is 2.23. The molecule has 3 aromatic rings. The zero-order chi connectivity index (χ0) is 15.6. The van der Waals surface area contributed by atoms with Crippen molar-refractivity contribution in [3.05, 3.63) is 48.2 Å². The Bertz CT molecular complexity index is 846. The van der Waals surface area contributed by atoms with E-state index < -0.39 is 0 Å². The monoisotopic (exact) mass is 307 g/mol. The van der Waals surface area contributed by atoms with Crippen molar-refractivity contribution in [1.82, 2.24) is 19.9 Å². The zero-order valence-electron chi connectivity index (χ0n) is 12.9. The van der Waals surface area contributed by atoms with Gasteiger partial charge in [-0.3, -0.25) is 0 Å². The van der Waals surface area contributed by atoms with E-state index in [1.165, 1.54) is 0 Å². The van der Waals surface area contributed by atoms with Gasteiger partial charge in [-0.25, -0.2) is 19.9 Å². The van der Waals surface area contributed by atoms with Crippen molar-refractivity contribution >= 4 is 16.7 Å². The SMILES string of the molecule is CCOc1ncnc2c1CN(c1ncnc3ccccc13)CC2. The fourth-order valence-electron chi connectivity index (χ4n) is 3.00. The van der Waals surface area contributed by atoms with Crippen molar-refractivity contribution in [2.24, 2.45) is 0 Å². The average molecular weight is 307 g/mol. The molecule has 1 aliphatic rings. The predicted molar refractivity (Wildman–Crippen MR) is 87.5 cm³/mol. The third-order valence-electron chi connectivity index (χ3n) is 4.06. The summed E-state index contributed by atoms with van der Waals surface area (Å²) in [6, 6.07) is 8.08. The predicted octanol–water partition coefficient (Wildman–Crippen LogP) is 2.38. The lowest BCUT2D eigenvalue weighted by Crippen LogP contribution is -2.32. The number of fused-ring (bicyclic) bond motifs is 2. The van der Waals surface area contributed by atoms with Gasteiger partial charge in [0.05, 0.1) is 29.9 Å². The van der Waals surface area contributed by atoms with Crippen LogP contribution in [0.15, 0.2) is 36.9 Å². The van der Waals surface area contributed by atoms with E-state index in [1.54, 1.807) is 12.7 Å². The molecule has 23 heavy (non-hydrogen) atoms.